The van der Waals surface area contributed by atoms with Gasteiger partial charge in [-0.05, 0) is 44.0 Å². The molecule has 1 aromatic carbocycles. The van der Waals surface area contributed by atoms with E-state index in [4.69, 9.17) is 9.47 Å². The van der Waals surface area contributed by atoms with Crippen molar-refractivity contribution in [3.05, 3.63) is 57.9 Å². The maximum absolute atomic E-state index is 12.7. The van der Waals surface area contributed by atoms with Crippen molar-refractivity contribution in [1.82, 2.24) is 4.98 Å². The highest BCUT2D eigenvalue weighted by atomic mass is 19.4. The Hall–Kier alpha value is -2.77. The molecule has 26 heavy (non-hydrogen) atoms. The van der Waals surface area contributed by atoms with Gasteiger partial charge in [0.05, 0.1) is 17.7 Å². The number of hydrogen-bond acceptors (Lipinski definition) is 4. The molecule has 1 heterocycles. The highest BCUT2D eigenvalue weighted by molar-refractivity contribution is 5.98. The average Bonchev–Trinajstić information content (AvgIpc) is 2.87. The SMILES string of the molecule is CCOC(=O)c1[nH]c(C)c(C(=O)OCc2cccc(C(F)(F)F)c2)c1C. The summed E-state index contributed by atoms with van der Waals surface area (Å²) in [5, 5.41) is 0. The molecule has 0 fully saturated rings. The van der Waals surface area contributed by atoms with E-state index >= 15 is 0 Å². The molecule has 0 saturated carbocycles. The van der Waals surface area contributed by atoms with Crippen molar-refractivity contribution in [1.29, 1.82) is 0 Å². The lowest BCUT2D eigenvalue weighted by Gasteiger charge is -2.09. The minimum absolute atomic E-state index is 0.148. The number of halogens is 3. The quantitative estimate of drug-likeness (QED) is 0.803. The number of esters is 2. The molecule has 0 aliphatic carbocycles. The molecular weight excluding hydrogens is 351 g/mol. The topological polar surface area (TPSA) is 68.4 Å². The van der Waals surface area contributed by atoms with Gasteiger partial charge in [0.2, 0.25) is 0 Å². The van der Waals surface area contributed by atoms with E-state index in [1.165, 1.54) is 12.1 Å². The molecule has 0 atom stereocenters. The van der Waals surface area contributed by atoms with Crippen molar-refractivity contribution < 1.29 is 32.2 Å². The highest BCUT2D eigenvalue weighted by Gasteiger charge is 2.30. The fourth-order valence-corrected chi connectivity index (χ4v) is 2.52. The molecule has 0 aliphatic rings. The third-order valence-corrected chi connectivity index (χ3v) is 3.75. The Morgan fingerprint density at radius 3 is 2.42 bits per heavy atom. The summed E-state index contributed by atoms with van der Waals surface area (Å²) in [7, 11) is 0. The van der Waals surface area contributed by atoms with E-state index in [-0.39, 0.29) is 30.0 Å². The smallest absolute Gasteiger partial charge is 0.416 e. The minimum atomic E-state index is -4.47. The summed E-state index contributed by atoms with van der Waals surface area (Å²) in [6.45, 7) is 4.69. The van der Waals surface area contributed by atoms with Gasteiger partial charge in [-0.15, -0.1) is 0 Å². The predicted octanol–water partition coefficient (Wildman–Crippen LogP) is 4.18. The van der Waals surface area contributed by atoms with E-state index in [2.05, 4.69) is 4.98 Å². The predicted molar refractivity (Wildman–Crippen MR) is 86.8 cm³/mol. The number of carbonyl (C=O) groups excluding carboxylic acids is 2. The molecule has 0 saturated heterocycles. The van der Waals surface area contributed by atoms with Crippen LogP contribution in [0.2, 0.25) is 0 Å². The number of carbonyl (C=O) groups is 2. The Morgan fingerprint density at radius 2 is 1.81 bits per heavy atom. The van der Waals surface area contributed by atoms with Crippen molar-refractivity contribution in [3.8, 4) is 0 Å². The van der Waals surface area contributed by atoms with Crippen LogP contribution in [0, 0.1) is 13.8 Å². The van der Waals surface area contributed by atoms with E-state index in [1.807, 2.05) is 0 Å². The molecule has 8 heteroatoms. The van der Waals surface area contributed by atoms with Gasteiger partial charge in [-0.25, -0.2) is 9.59 Å². The third-order valence-electron chi connectivity index (χ3n) is 3.75. The van der Waals surface area contributed by atoms with Gasteiger partial charge in [0.15, 0.2) is 0 Å². The summed E-state index contributed by atoms with van der Waals surface area (Å²) in [5.74, 6) is -1.32. The molecule has 140 valence electrons. The van der Waals surface area contributed by atoms with Gasteiger partial charge in [-0.1, -0.05) is 12.1 Å². The van der Waals surface area contributed by atoms with Gasteiger partial charge in [-0.2, -0.15) is 13.2 Å². The fraction of sp³-hybridized carbons (Fsp3) is 0.333. The van der Waals surface area contributed by atoms with Gasteiger partial charge in [0.25, 0.3) is 0 Å². The van der Waals surface area contributed by atoms with E-state index in [9.17, 15) is 22.8 Å². The minimum Gasteiger partial charge on any atom is -0.461 e. The van der Waals surface area contributed by atoms with Crippen molar-refractivity contribution in [3.63, 3.8) is 0 Å². The van der Waals surface area contributed by atoms with Gasteiger partial charge < -0.3 is 14.5 Å². The van der Waals surface area contributed by atoms with E-state index in [1.54, 1.807) is 20.8 Å². The van der Waals surface area contributed by atoms with Crippen LogP contribution >= 0.6 is 0 Å². The summed E-state index contributed by atoms with van der Waals surface area (Å²) in [6.07, 6.45) is -4.47. The van der Waals surface area contributed by atoms with Crippen LogP contribution < -0.4 is 0 Å². The normalized spacial score (nSPS) is 11.3. The van der Waals surface area contributed by atoms with Crippen LogP contribution in [0.25, 0.3) is 0 Å². The van der Waals surface area contributed by atoms with E-state index in [0.29, 0.717) is 11.3 Å². The van der Waals surface area contributed by atoms with Crippen molar-refractivity contribution in [2.45, 2.75) is 33.6 Å². The van der Waals surface area contributed by atoms with Crippen LogP contribution in [0.5, 0.6) is 0 Å². The zero-order chi connectivity index (χ0) is 19.5. The second-order valence-electron chi connectivity index (χ2n) is 5.62. The summed E-state index contributed by atoms with van der Waals surface area (Å²) < 4.78 is 48.2. The van der Waals surface area contributed by atoms with Crippen LogP contribution in [-0.4, -0.2) is 23.5 Å². The molecule has 1 N–H and O–H groups in total. The van der Waals surface area contributed by atoms with Gasteiger partial charge >= 0.3 is 18.1 Å². The highest BCUT2D eigenvalue weighted by Crippen LogP contribution is 2.29. The second kappa shape index (κ2) is 7.63. The molecule has 0 aliphatic heterocycles. The molecule has 0 amide bonds. The summed E-state index contributed by atoms with van der Waals surface area (Å²) in [5.41, 5.74) is 0.499. The van der Waals surface area contributed by atoms with Crippen molar-refractivity contribution in [2.24, 2.45) is 0 Å². The average molecular weight is 369 g/mol. The Kier molecular flexibility index (Phi) is 5.74. The second-order valence-corrected chi connectivity index (χ2v) is 5.62. The Balaban J connectivity index is 2.15. The first-order valence-corrected chi connectivity index (χ1v) is 7.84. The molecule has 0 radical (unpaired) electrons. The van der Waals surface area contributed by atoms with Gasteiger partial charge in [-0.3, -0.25) is 0 Å². The van der Waals surface area contributed by atoms with Crippen LogP contribution in [0.1, 0.15) is 50.2 Å². The van der Waals surface area contributed by atoms with Crippen LogP contribution in [-0.2, 0) is 22.3 Å². The zero-order valence-electron chi connectivity index (χ0n) is 14.5. The lowest BCUT2D eigenvalue weighted by molar-refractivity contribution is -0.137. The number of alkyl halides is 3. The molecule has 2 rings (SSSR count). The molecule has 0 unspecified atom stereocenters. The number of H-pyrrole nitrogens is 1. The number of aryl methyl sites for hydroxylation is 1. The number of ether oxygens (including phenoxy) is 2. The first-order chi connectivity index (χ1) is 12.1. The Morgan fingerprint density at radius 1 is 1.12 bits per heavy atom. The summed E-state index contributed by atoms with van der Waals surface area (Å²) in [4.78, 5) is 27.0. The van der Waals surface area contributed by atoms with Crippen LogP contribution in [0.15, 0.2) is 24.3 Å². The lowest BCUT2D eigenvalue weighted by Crippen LogP contribution is -2.10. The molecule has 5 nitrogen and oxygen atoms in total. The third kappa shape index (κ3) is 4.25. The van der Waals surface area contributed by atoms with Crippen LogP contribution in [0.4, 0.5) is 13.2 Å². The number of aromatic amines is 1. The van der Waals surface area contributed by atoms with Crippen LogP contribution in [0.3, 0.4) is 0 Å². The van der Waals surface area contributed by atoms with Gasteiger partial charge in [0.1, 0.15) is 12.3 Å². The van der Waals surface area contributed by atoms with E-state index < -0.39 is 23.7 Å². The molecular formula is C18H18F3NO4. The fourth-order valence-electron chi connectivity index (χ4n) is 2.52. The molecule has 0 bridgehead atoms. The summed E-state index contributed by atoms with van der Waals surface area (Å²) in [6, 6.07) is 4.55. The monoisotopic (exact) mass is 369 g/mol. The first-order valence-electron chi connectivity index (χ1n) is 7.84. The lowest BCUT2D eigenvalue weighted by atomic mass is 10.1. The van der Waals surface area contributed by atoms with Crippen molar-refractivity contribution in [2.75, 3.05) is 6.61 Å². The maximum atomic E-state index is 12.7. The number of rotatable bonds is 5. The maximum Gasteiger partial charge on any atom is 0.416 e. The molecule has 1 aromatic heterocycles. The number of hydrogen-bond donors (Lipinski definition) is 1. The number of aromatic nitrogens is 1. The molecule has 0 spiro atoms. The Labute approximate surface area is 148 Å². The Bertz CT molecular complexity index is 824. The number of nitrogens with one attached hydrogen (secondary N) is 1. The standard InChI is InChI=1S/C18H18F3NO4/c1-4-25-17(24)15-10(2)14(11(3)22-15)16(23)26-9-12-6-5-7-13(8-12)18(19,20)21/h5-8,22H,4,9H2,1-3H3. The van der Waals surface area contributed by atoms with Gasteiger partial charge in [0, 0.05) is 5.69 Å². The molecule has 2 aromatic rings. The van der Waals surface area contributed by atoms with Crippen molar-refractivity contribution >= 4 is 11.9 Å². The summed E-state index contributed by atoms with van der Waals surface area (Å²) >= 11 is 0. The number of benzene rings is 1. The first kappa shape index (κ1) is 19.6. The van der Waals surface area contributed by atoms with E-state index in [0.717, 1.165) is 12.1 Å². The zero-order valence-corrected chi connectivity index (χ0v) is 14.5. The largest absolute Gasteiger partial charge is 0.461 e.